The van der Waals surface area contributed by atoms with Gasteiger partial charge in [0.15, 0.2) is 0 Å². The van der Waals surface area contributed by atoms with Crippen LogP contribution in [0, 0.1) is 6.92 Å². The Morgan fingerprint density at radius 3 is 2.43 bits per heavy atom. The van der Waals surface area contributed by atoms with Crippen molar-refractivity contribution in [2.75, 3.05) is 5.32 Å². The number of benzene rings is 3. The van der Waals surface area contributed by atoms with Gasteiger partial charge in [0.25, 0.3) is 5.56 Å². The van der Waals surface area contributed by atoms with Crippen LogP contribution in [-0.4, -0.2) is 15.0 Å². The highest BCUT2D eigenvalue weighted by molar-refractivity contribution is 6.30. The van der Waals surface area contributed by atoms with Crippen molar-refractivity contribution in [3.05, 3.63) is 104 Å². The molecule has 0 aliphatic heterocycles. The molecule has 1 aromatic heterocycles. The number of hydrogen-bond acceptors (Lipinski definition) is 3. The van der Waals surface area contributed by atoms with E-state index in [2.05, 4.69) is 5.32 Å². The largest absolute Gasteiger partial charge is 0.336 e. The Bertz CT molecular complexity index is 1370. The second-order valence-electron chi connectivity index (χ2n) is 6.92. The first-order valence-electron chi connectivity index (χ1n) is 9.31. The number of rotatable bonds is 4. The third-order valence-corrected chi connectivity index (χ3v) is 4.99. The minimum atomic E-state index is -0.611. The van der Waals surface area contributed by atoms with Crippen LogP contribution >= 0.6 is 11.6 Å². The maximum Gasteiger partial charge on any atom is 0.336 e. The van der Waals surface area contributed by atoms with E-state index in [-0.39, 0.29) is 12.5 Å². The predicted octanol–water partition coefficient (Wildman–Crippen LogP) is 3.75. The van der Waals surface area contributed by atoms with Crippen LogP contribution in [-0.2, 0) is 11.3 Å². The number of para-hydroxylation sites is 1. The van der Waals surface area contributed by atoms with Gasteiger partial charge < -0.3 is 5.32 Å². The fourth-order valence-corrected chi connectivity index (χ4v) is 3.48. The smallest absolute Gasteiger partial charge is 0.325 e. The van der Waals surface area contributed by atoms with Crippen molar-refractivity contribution in [2.24, 2.45) is 0 Å². The Balaban J connectivity index is 1.83. The number of carbonyl (C=O) groups is 1. The Kier molecular flexibility index (Phi) is 5.25. The van der Waals surface area contributed by atoms with Gasteiger partial charge in [0.1, 0.15) is 6.54 Å². The zero-order chi connectivity index (χ0) is 21.3. The summed E-state index contributed by atoms with van der Waals surface area (Å²) < 4.78 is 2.33. The minimum absolute atomic E-state index is 0.242. The Labute approximate surface area is 177 Å². The van der Waals surface area contributed by atoms with E-state index in [0.717, 1.165) is 10.1 Å². The van der Waals surface area contributed by atoms with Gasteiger partial charge in [-0.2, -0.15) is 0 Å². The van der Waals surface area contributed by atoms with Crippen molar-refractivity contribution in [1.82, 2.24) is 9.13 Å². The van der Waals surface area contributed by atoms with Gasteiger partial charge in [-0.15, -0.1) is 0 Å². The summed E-state index contributed by atoms with van der Waals surface area (Å²) in [7, 11) is 0. The van der Waals surface area contributed by atoms with Crippen LogP contribution in [0.15, 0.2) is 82.4 Å². The summed E-state index contributed by atoms with van der Waals surface area (Å²) in [6.45, 7) is 1.71. The molecule has 1 amide bonds. The normalized spacial score (nSPS) is 10.9. The summed E-state index contributed by atoms with van der Waals surface area (Å²) in [5, 5.41) is 3.52. The first kappa shape index (κ1) is 19.7. The highest BCUT2D eigenvalue weighted by atomic mass is 35.5. The third-order valence-electron chi connectivity index (χ3n) is 4.75. The number of nitrogens with zero attached hydrogens (tertiary/aromatic N) is 2. The van der Waals surface area contributed by atoms with E-state index in [1.165, 1.54) is 10.6 Å². The number of nitrogens with one attached hydrogen (secondary N) is 1. The second-order valence-corrected chi connectivity index (χ2v) is 7.36. The molecule has 3 aromatic carbocycles. The molecular formula is C23H18ClN3O3. The molecule has 150 valence electrons. The lowest BCUT2D eigenvalue weighted by atomic mass is 10.2. The lowest BCUT2D eigenvalue weighted by Gasteiger charge is -2.14. The number of halogens is 1. The molecule has 1 heterocycles. The molecule has 7 heteroatoms. The molecule has 0 aliphatic rings. The molecule has 0 saturated carbocycles. The molecule has 0 aliphatic carbocycles. The zero-order valence-corrected chi connectivity index (χ0v) is 16.9. The molecule has 4 rings (SSSR count). The maximum absolute atomic E-state index is 13.3. The van der Waals surface area contributed by atoms with Crippen molar-refractivity contribution < 1.29 is 4.79 Å². The van der Waals surface area contributed by atoms with Crippen molar-refractivity contribution in [3.8, 4) is 5.69 Å². The van der Waals surface area contributed by atoms with Crippen molar-refractivity contribution in [1.29, 1.82) is 0 Å². The van der Waals surface area contributed by atoms with Crippen LogP contribution in [0.3, 0.4) is 0 Å². The first-order valence-corrected chi connectivity index (χ1v) is 9.69. The molecule has 30 heavy (non-hydrogen) atoms. The average Bonchev–Trinajstić information content (AvgIpc) is 2.73. The van der Waals surface area contributed by atoms with Crippen LogP contribution in [0.5, 0.6) is 0 Å². The molecule has 6 nitrogen and oxygen atoms in total. The fraction of sp³-hybridized carbons (Fsp3) is 0.0870. The molecule has 4 aromatic rings. The molecule has 0 unspecified atom stereocenters. The van der Waals surface area contributed by atoms with Crippen LogP contribution < -0.4 is 16.6 Å². The molecule has 1 N–H and O–H groups in total. The standard InChI is InChI=1S/C23H18ClN3O3/c1-15-9-11-17(12-10-15)25-21(28)14-26-20-8-3-2-7-19(20)22(29)27(23(26)30)18-6-4-5-16(24)13-18/h2-13H,14H2,1H3,(H,25,28). The number of aromatic nitrogens is 2. The highest BCUT2D eigenvalue weighted by Gasteiger charge is 2.16. The molecule has 0 saturated heterocycles. The summed E-state index contributed by atoms with van der Waals surface area (Å²) in [5.74, 6) is -0.373. The van der Waals surface area contributed by atoms with Gasteiger partial charge in [0, 0.05) is 10.7 Å². The van der Waals surface area contributed by atoms with Crippen LogP contribution in [0.4, 0.5) is 5.69 Å². The Morgan fingerprint density at radius 2 is 1.70 bits per heavy atom. The van der Waals surface area contributed by atoms with E-state index in [9.17, 15) is 14.4 Å². The van der Waals surface area contributed by atoms with E-state index < -0.39 is 11.2 Å². The summed E-state index contributed by atoms with van der Waals surface area (Å²) in [4.78, 5) is 38.9. The number of hydrogen-bond donors (Lipinski definition) is 1. The Morgan fingerprint density at radius 1 is 0.967 bits per heavy atom. The van der Waals surface area contributed by atoms with Gasteiger partial charge in [-0.25, -0.2) is 9.36 Å². The van der Waals surface area contributed by atoms with Gasteiger partial charge in [-0.3, -0.25) is 14.2 Å². The summed E-state index contributed by atoms with van der Waals surface area (Å²) in [5.41, 5.74) is 1.36. The molecular weight excluding hydrogens is 402 g/mol. The topological polar surface area (TPSA) is 73.1 Å². The minimum Gasteiger partial charge on any atom is -0.325 e. The van der Waals surface area contributed by atoms with Crippen LogP contribution in [0.25, 0.3) is 16.6 Å². The number of fused-ring (bicyclic) bond motifs is 1. The van der Waals surface area contributed by atoms with Gasteiger partial charge in [-0.1, -0.05) is 47.5 Å². The molecule has 0 radical (unpaired) electrons. The Hall–Kier alpha value is -3.64. The van der Waals surface area contributed by atoms with E-state index in [1.54, 1.807) is 54.6 Å². The highest BCUT2D eigenvalue weighted by Crippen LogP contribution is 2.15. The first-order chi connectivity index (χ1) is 14.4. The summed E-state index contributed by atoms with van der Waals surface area (Å²) >= 11 is 6.05. The molecule has 0 atom stereocenters. The monoisotopic (exact) mass is 419 g/mol. The quantitative estimate of drug-likeness (QED) is 0.547. The van der Waals surface area contributed by atoms with Crippen molar-refractivity contribution in [2.45, 2.75) is 13.5 Å². The number of anilines is 1. The number of aryl methyl sites for hydroxylation is 1. The van der Waals surface area contributed by atoms with Crippen molar-refractivity contribution in [3.63, 3.8) is 0 Å². The number of amides is 1. The molecule has 0 spiro atoms. The van der Waals surface area contributed by atoms with Crippen LogP contribution in [0.1, 0.15) is 5.56 Å². The van der Waals surface area contributed by atoms with Gasteiger partial charge in [0.2, 0.25) is 5.91 Å². The summed E-state index contributed by atoms with van der Waals surface area (Å²) in [6.07, 6.45) is 0. The van der Waals surface area contributed by atoms with Gasteiger partial charge in [-0.05, 0) is 49.4 Å². The lowest BCUT2D eigenvalue weighted by molar-refractivity contribution is -0.116. The molecule has 0 fully saturated rings. The second kappa shape index (κ2) is 8.00. The van der Waals surface area contributed by atoms with E-state index in [1.807, 2.05) is 19.1 Å². The lowest BCUT2D eigenvalue weighted by Crippen LogP contribution is -2.40. The predicted molar refractivity (Wildman–Crippen MR) is 119 cm³/mol. The van der Waals surface area contributed by atoms with Gasteiger partial charge >= 0.3 is 5.69 Å². The van der Waals surface area contributed by atoms with Crippen molar-refractivity contribution >= 4 is 34.1 Å². The van der Waals surface area contributed by atoms with E-state index >= 15 is 0 Å². The molecule has 0 bridgehead atoms. The zero-order valence-electron chi connectivity index (χ0n) is 16.1. The van der Waals surface area contributed by atoms with E-state index in [4.69, 9.17) is 11.6 Å². The van der Waals surface area contributed by atoms with Gasteiger partial charge in [0.05, 0.1) is 16.6 Å². The van der Waals surface area contributed by atoms with Crippen LogP contribution in [0.2, 0.25) is 5.02 Å². The maximum atomic E-state index is 13.3. The average molecular weight is 420 g/mol. The summed E-state index contributed by atoms with van der Waals surface area (Å²) in [6, 6.07) is 20.6. The fourth-order valence-electron chi connectivity index (χ4n) is 3.30. The van der Waals surface area contributed by atoms with E-state index in [0.29, 0.717) is 27.3 Å². The number of carbonyl (C=O) groups excluding carboxylic acids is 1. The SMILES string of the molecule is Cc1ccc(NC(=O)Cn2c(=O)n(-c3cccc(Cl)c3)c(=O)c3ccccc32)cc1. The third kappa shape index (κ3) is 3.77.